The quantitative estimate of drug-likeness (QED) is 0.289. The average Bonchev–Trinajstić information content (AvgIpc) is 2.33. The van der Waals surface area contributed by atoms with E-state index < -0.39 is 0 Å². The molecule has 0 bridgehead atoms. The Morgan fingerprint density at radius 2 is 2.05 bits per heavy atom. The maximum absolute atomic E-state index is 5.30. The summed E-state index contributed by atoms with van der Waals surface area (Å²) >= 11 is 0. The van der Waals surface area contributed by atoms with Gasteiger partial charge in [-0.05, 0) is 20.3 Å². The van der Waals surface area contributed by atoms with Gasteiger partial charge in [-0.2, -0.15) is 0 Å². The first-order valence-corrected chi connectivity index (χ1v) is 6.88. The maximum atomic E-state index is 5.30. The second kappa shape index (κ2) is 10.7. The van der Waals surface area contributed by atoms with Gasteiger partial charge in [-0.15, -0.1) is 24.0 Å². The third-order valence-electron chi connectivity index (χ3n) is 2.83. The van der Waals surface area contributed by atoms with Gasteiger partial charge < -0.3 is 20.1 Å². The normalized spacial score (nSPS) is 17.3. The highest BCUT2D eigenvalue weighted by atomic mass is 127. The van der Waals surface area contributed by atoms with Crippen molar-refractivity contribution in [1.82, 2.24) is 10.6 Å². The summed E-state index contributed by atoms with van der Waals surface area (Å²) in [5.41, 5.74) is 0.230. The van der Waals surface area contributed by atoms with Crippen molar-refractivity contribution in [2.24, 2.45) is 10.4 Å². The van der Waals surface area contributed by atoms with Crippen molar-refractivity contribution < 1.29 is 9.47 Å². The van der Waals surface area contributed by atoms with E-state index in [1.54, 1.807) is 0 Å². The van der Waals surface area contributed by atoms with E-state index in [1.807, 2.05) is 6.92 Å². The molecule has 1 aliphatic heterocycles. The van der Waals surface area contributed by atoms with E-state index in [1.165, 1.54) is 0 Å². The van der Waals surface area contributed by atoms with E-state index in [9.17, 15) is 0 Å². The third kappa shape index (κ3) is 7.94. The van der Waals surface area contributed by atoms with Crippen molar-refractivity contribution in [1.29, 1.82) is 0 Å². The number of hydrogen-bond donors (Lipinski definition) is 2. The minimum absolute atomic E-state index is 0. The molecule has 2 N–H and O–H groups in total. The van der Waals surface area contributed by atoms with Crippen LogP contribution in [-0.4, -0.2) is 52.0 Å². The summed E-state index contributed by atoms with van der Waals surface area (Å²) in [6.07, 6.45) is 0.999. The topological polar surface area (TPSA) is 54.9 Å². The molecular formula is C13H28IN3O2. The second-order valence-corrected chi connectivity index (χ2v) is 4.98. The van der Waals surface area contributed by atoms with Gasteiger partial charge in [0, 0.05) is 31.7 Å². The number of guanidine groups is 1. The Labute approximate surface area is 133 Å². The van der Waals surface area contributed by atoms with Crippen LogP contribution in [0, 0.1) is 5.41 Å². The molecule has 6 heteroatoms. The zero-order valence-corrected chi connectivity index (χ0v) is 14.7. The largest absolute Gasteiger partial charge is 0.382 e. The van der Waals surface area contributed by atoms with Gasteiger partial charge in [0.1, 0.15) is 0 Å². The summed E-state index contributed by atoms with van der Waals surface area (Å²) in [7, 11) is 0. The summed E-state index contributed by atoms with van der Waals surface area (Å²) in [6.45, 7) is 12.1. The monoisotopic (exact) mass is 385 g/mol. The van der Waals surface area contributed by atoms with Gasteiger partial charge in [0.15, 0.2) is 5.96 Å². The summed E-state index contributed by atoms with van der Waals surface area (Å²) in [6, 6.07) is 0. The van der Waals surface area contributed by atoms with Crippen LogP contribution in [0.5, 0.6) is 0 Å². The van der Waals surface area contributed by atoms with Gasteiger partial charge in [0.2, 0.25) is 0 Å². The van der Waals surface area contributed by atoms with Gasteiger partial charge in [-0.25, -0.2) is 0 Å². The van der Waals surface area contributed by atoms with Crippen LogP contribution in [0.4, 0.5) is 0 Å². The predicted molar refractivity (Wildman–Crippen MR) is 89.4 cm³/mol. The standard InChI is InChI=1S/C13H27N3O2.HI/c1-4-14-12(15-7-6-8-17-5-2)16-9-13(3)10-18-11-13;/h4-11H2,1-3H3,(H2,14,15,16);1H. The molecule has 0 aromatic carbocycles. The van der Waals surface area contributed by atoms with E-state index in [2.05, 4.69) is 29.5 Å². The van der Waals surface area contributed by atoms with E-state index in [-0.39, 0.29) is 29.4 Å². The molecule has 0 spiro atoms. The zero-order valence-electron chi connectivity index (χ0n) is 12.3. The smallest absolute Gasteiger partial charge is 0.191 e. The first-order chi connectivity index (χ1) is 8.70. The Bertz CT molecular complexity index is 258. The summed E-state index contributed by atoms with van der Waals surface area (Å²) in [4.78, 5) is 4.60. The Morgan fingerprint density at radius 3 is 2.58 bits per heavy atom. The highest BCUT2D eigenvalue weighted by Gasteiger charge is 2.33. The van der Waals surface area contributed by atoms with Gasteiger partial charge in [0.05, 0.1) is 19.8 Å². The summed E-state index contributed by atoms with van der Waals surface area (Å²) < 4.78 is 10.5. The fourth-order valence-electron chi connectivity index (χ4n) is 1.68. The van der Waals surface area contributed by atoms with Crippen LogP contribution in [0.1, 0.15) is 27.2 Å². The number of halogens is 1. The summed E-state index contributed by atoms with van der Waals surface area (Å²) in [5, 5.41) is 6.57. The molecule has 5 nitrogen and oxygen atoms in total. The molecule has 19 heavy (non-hydrogen) atoms. The van der Waals surface area contributed by atoms with E-state index in [0.717, 1.165) is 58.4 Å². The highest BCUT2D eigenvalue weighted by molar-refractivity contribution is 14.0. The molecule has 114 valence electrons. The van der Waals surface area contributed by atoms with Crippen LogP contribution in [0.2, 0.25) is 0 Å². The molecule has 0 radical (unpaired) electrons. The van der Waals surface area contributed by atoms with Gasteiger partial charge in [-0.3, -0.25) is 4.99 Å². The van der Waals surface area contributed by atoms with Gasteiger partial charge in [0.25, 0.3) is 0 Å². The molecule has 1 aliphatic rings. The third-order valence-corrected chi connectivity index (χ3v) is 2.83. The van der Waals surface area contributed by atoms with Crippen LogP contribution in [0.15, 0.2) is 4.99 Å². The van der Waals surface area contributed by atoms with Crippen LogP contribution in [0.25, 0.3) is 0 Å². The molecule has 0 aliphatic carbocycles. The van der Waals surface area contributed by atoms with E-state index >= 15 is 0 Å². The van der Waals surface area contributed by atoms with Gasteiger partial charge >= 0.3 is 0 Å². The van der Waals surface area contributed by atoms with Gasteiger partial charge in [-0.1, -0.05) is 6.92 Å². The molecule has 0 aromatic rings. The molecule has 1 saturated heterocycles. The second-order valence-electron chi connectivity index (χ2n) is 4.98. The SMILES string of the molecule is CCNC(=NCC1(C)COC1)NCCCOCC.I. The van der Waals surface area contributed by atoms with Crippen molar-refractivity contribution in [2.75, 3.05) is 46.1 Å². The van der Waals surface area contributed by atoms with E-state index in [0.29, 0.717) is 0 Å². The summed E-state index contributed by atoms with van der Waals surface area (Å²) in [5.74, 6) is 0.891. The number of ether oxygens (including phenoxy) is 2. The first kappa shape index (κ1) is 18.9. The fourth-order valence-corrected chi connectivity index (χ4v) is 1.68. The zero-order chi connectivity index (χ0) is 13.3. The molecule has 0 saturated carbocycles. The minimum Gasteiger partial charge on any atom is -0.382 e. The number of aliphatic imine (C=N–C) groups is 1. The number of nitrogens with zero attached hydrogens (tertiary/aromatic N) is 1. The lowest BCUT2D eigenvalue weighted by Crippen LogP contribution is -2.44. The van der Waals surface area contributed by atoms with Crippen molar-refractivity contribution in [3.8, 4) is 0 Å². The lowest BCUT2D eigenvalue weighted by atomic mass is 9.89. The molecule has 1 heterocycles. The fraction of sp³-hybridized carbons (Fsp3) is 0.923. The number of nitrogens with one attached hydrogen (secondary N) is 2. The predicted octanol–water partition coefficient (Wildman–Crippen LogP) is 1.62. The molecule has 0 atom stereocenters. The lowest BCUT2D eigenvalue weighted by molar-refractivity contribution is -0.0945. The van der Waals surface area contributed by atoms with Crippen molar-refractivity contribution in [3.63, 3.8) is 0 Å². The Hall–Kier alpha value is -0.0800. The van der Waals surface area contributed by atoms with Crippen molar-refractivity contribution in [3.05, 3.63) is 0 Å². The van der Waals surface area contributed by atoms with Crippen molar-refractivity contribution in [2.45, 2.75) is 27.2 Å². The molecule has 1 fully saturated rings. The number of rotatable bonds is 8. The first-order valence-electron chi connectivity index (χ1n) is 6.88. The van der Waals surface area contributed by atoms with Crippen LogP contribution in [0.3, 0.4) is 0 Å². The van der Waals surface area contributed by atoms with Crippen LogP contribution >= 0.6 is 24.0 Å². The number of hydrogen-bond acceptors (Lipinski definition) is 3. The maximum Gasteiger partial charge on any atom is 0.191 e. The molecular weight excluding hydrogens is 357 g/mol. The molecule has 1 rings (SSSR count). The Morgan fingerprint density at radius 1 is 1.32 bits per heavy atom. The molecule has 0 unspecified atom stereocenters. The molecule has 0 aromatic heterocycles. The van der Waals surface area contributed by atoms with E-state index in [4.69, 9.17) is 9.47 Å². The Balaban J connectivity index is 0.00000324. The van der Waals surface area contributed by atoms with Crippen molar-refractivity contribution >= 4 is 29.9 Å². The molecule has 0 amide bonds. The average molecular weight is 385 g/mol. The highest BCUT2D eigenvalue weighted by Crippen LogP contribution is 2.26. The van der Waals surface area contributed by atoms with Crippen LogP contribution < -0.4 is 10.6 Å². The Kier molecular flexibility index (Phi) is 10.6. The minimum atomic E-state index is 0. The van der Waals surface area contributed by atoms with Crippen LogP contribution in [-0.2, 0) is 9.47 Å². The lowest BCUT2D eigenvalue weighted by Gasteiger charge is -2.36.